The Morgan fingerprint density at radius 1 is 1.15 bits per heavy atom. The SMILES string of the molecule is Cc1ccc(CN2CCOc3ccc(C(O)c4ccncc4)cc3C2)s1. The third kappa shape index (κ3) is 3.80. The summed E-state index contributed by atoms with van der Waals surface area (Å²) in [4.78, 5) is 9.14. The van der Waals surface area contributed by atoms with Crippen LogP contribution in [0.15, 0.2) is 54.9 Å². The Morgan fingerprint density at radius 2 is 2.00 bits per heavy atom. The molecule has 0 bridgehead atoms. The molecule has 1 aromatic carbocycles. The average Bonchev–Trinajstić information content (AvgIpc) is 2.96. The van der Waals surface area contributed by atoms with E-state index in [9.17, 15) is 5.11 Å². The molecule has 1 unspecified atom stereocenters. The van der Waals surface area contributed by atoms with Gasteiger partial charge in [0.15, 0.2) is 0 Å². The second-order valence-electron chi connectivity index (χ2n) is 6.62. The number of ether oxygens (including phenoxy) is 1. The van der Waals surface area contributed by atoms with E-state index >= 15 is 0 Å². The molecule has 4 rings (SSSR count). The Morgan fingerprint density at radius 3 is 2.77 bits per heavy atom. The fourth-order valence-electron chi connectivity index (χ4n) is 3.30. The summed E-state index contributed by atoms with van der Waals surface area (Å²) in [5.74, 6) is 0.917. The maximum Gasteiger partial charge on any atom is 0.123 e. The van der Waals surface area contributed by atoms with Crippen LogP contribution in [-0.4, -0.2) is 28.1 Å². The molecule has 0 radical (unpaired) electrons. The molecule has 1 aliphatic heterocycles. The molecule has 0 fully saturated rings. The molecule has 3 heterocycles. The van der Waals surface area contributed by atoms with Crippen LogP contribution in [0.25, 0.3) is 0 Å². The monoisotopic (exact) mass is 366 g/mol. The molecule has 1 N–H and O–H groups in total. The van der Waals surface area contributed by atoms with Gasteiger partial charge in [-0.1, -0.05) is 6.07 Å². The molecule has 4 nitrogen and oxygen atoms in total. The number of pyridine rings is 1. The Bertz CT molecular complexity index is 879. The van der Waals surface area contributed by atoms with Gasteiger partial charge in [0.1, 0.15) is 18.5 Å². The minimum Gasteiger partial charge on any atom is -0.492 e. The Balaban J connectivity index is 1.56. The molecule has 0 aliphatic carbocycles. The zero-order valence-corrected chi connectivity index (χ0v) is 15.6. The van der Waals surface area contributed by atoms with E-state index < -0.39 is 6.10 Å². The molecule has 0 amide bonds. The van der Waals surface area contributed by atoms with Crippen LogP contribution in [0.5, 0.6) is 5.75 Å². The van der Waals surface area contributed by atoms with Crippen molar-refractivity contribution in [2.75, 3.05) is 13.2 Å². The average molecular weight is 366 g/mol. The zero-order valence-electron chi connectivity index (χ0n) is 14.8. The number of aliphatic hydroxyl groups is 1. The van der Waals surface area contributed by atoms with Crippen molar-refractivity contribution >= 4 is 11.3 Å². The highest BCUT2D eigenvalue weighted by molar-refractivity contribution is 7.11. The van der Waals surface area contributed by atoms with E-state index in [4.69, 9.17) is 4.74 Å². The zero-order chi connectivity index (χ0) is 17.9. The predicted octanol–water partition coefficient (Wildman–Crippen LogP) is 3.93. The second kappa shape index (κ2) is 7.58. The molecule has 0 spiro atoms. The normalized spacial score (nSPS) is 15.8. The lowest BCUT2D eigenvalue weighted by molar-refractivity contribution is 0.219. The van der Waals surface area contributed by atoms with Crippen molar-refractivity contribution in [1.29, 1.82) is 0 Å². The summed E-state index contributed by atoms with van der Waals surface area (Å²) in [7, 11) is 0. The van der Waals surface area contributed by atoms with Crippen molar-refractivity contribution in [2.45, 2.75) is 26.1 Å². The first-order valence-electron chi connectivity index (χ1n) is 8.80. The van der Waals surface area contributed by atoms with Gasteiger partial charge in [-0.05, 0) is 54.4 Å². The van der Waals surface area contributed by atoms with Gasteiger partial charge in [0.05, 0.1) is 0 Å². The number of rotatable bonds is 4. The van der Waals surface area contributed by atoms with E-state index in [1.807, 2.05) is 35.6 Å². The third-order valence-corrected chi connectivity index (χ3v) is 5.64. The van der Waals surface area contributed by atoms with Crippen LogP contribution in [0.2, 0.25) is 0 Å². The van der Waals surface area contributed by atoms with Crippen molar-refractivity contribution in [3.63, 3.8) is 0 Å². The van der Waals surface area contributed by atoms with E-state index in [0.717, 1.165) is 42.1 Å². The van der Waals surface area contributed by atoms with E-state index in [2.05, 4.69) is 35.0 Å². The quantitative estimate of drug-likeness (QED) is 0.760. The largest absolute Gasteiger partial charge is 0.492 e. The molecule has 1 atom stereocenters. The van der Waals surface area contributed by atoms with Crippen LogP contribution in [0, 0.1) is 6.92 Å². The summed E-state index contributed by atoms with van der Waals surface area (Å²) in [6, 6.07) is 14.1. The summed E-state index contributed by atoms with van der Waals surface area (Å²) < 4.78 is 5.93. The van der Waals surface area contributed by atoms with Crippen LogP contribution in [0.1, 0.15) is 32.5 Å². The van der Waals surface area contributed by atoms with Crippen LogP contribution in [0.4, 0.5) is 0 Å². The highest BCUT2D eigenvalue weighted by atomic mass is 32.1. The number of nitrogens with zero attached hydrogens (tertiary/aromatic N) is 2. The summed E-state index contributed by atoms with van der Waals surface area (Å²) >= 11 is 1.85. The number of aliphatic hydroxyl groups excluding tert-OH is 1. The molecule has 0 saturated carbocycles. The first-order valence-corrected chi connectivity index (χ1v) is 9.62. The first kappa shape index (κ1) is 17.2. The summed E-state index contributed by atoms with van der Waals surface area (Å²) in [6.45, 7) is 5.47. The van der Waals surface area contributed by atoms with Gasteiger partial charge in [-0.25, -0.2) is 0 Å². The van der Waals surface area contributed by atoms with E-state index in [0.29, 0.717) is 6.61 Å². The maximum absolute atomic E-state index is 10.7. The first-order chi connectivity index (χ1) is 12.7. The number of thiophene rings is 1. The van der Waals surface area contributed by atoms with Crippen LogP contribution in [-0.2, 0) is 13.1 Å². The highest BCUT2D eigenvalue weighted by Gasteiger charge is 2.19. The molecule has 2 aromatic heterocycles. The smallest absolute Gasteiger partial charge is 0.123 e. The molecule has 26 heavy (non-hydrogen) atoms. The number of aryl methyl sites for hydroxylation is 1. The van der Waals surface area contributed by atoms with Crippen molar-refractivity contribution in [3.8, 4) is 5.75 Å². The van der Waals surface area contributed by atoms with Crippen molar-refractivity contribution in [1.82, 2.24) is 9.88 Å². The van der Waals surface area contributed by atoms with Crippen LogP contribution < -0.4 is 4.74 Å². The van der Waals surface area contributed by atoms with Gasteiger partial charge in [-0.15, -0.1) is 11.3 Å². The highest BCUT2D eigenvalue weighted by Crippen LogP contribution is 2.30. The molecule has 5 heteroatoms. The molecule has 0 saturated heterocycles. The number of hydrogen-bond acceptors (Lipinski definition) is 5. The summed E-state index contributed by atoms with van der Waals surface area (Å²) in [5.41, 5.74) is 2.86. The number of hydrogen-bond donors (Lipinski definition) is 1. The van der Waals surface area contributed by atoms with Gasteiger partial charge in [-0.2, -0.15) is 0 Å². The van der Waals surface area contributed by atoms with Gasteiger partial charge in [0, 0.05) is 47.3 Å². The number of aromatic nitrogens is 1. The molecular weight excluding hydrogens is 344 g/mol. The lowest BCUT2D eigenvalue weighted by atomic mass is 10.00. The van der Waals surface area contributed by atoms with Crippen LogP contribution >= 0.6 is 11.3 Å². The van der Waals surface area contributed by atoms with Crippen molar-refractivity contribution in [2.24, 2.45) is 0 Å². The van der Waals surface area contributed by atoms with Gasteiger partial charge in [0.2, 0.25) is 0 Å². The van der Waals surface area contributed by atoms with Crippen molar-refractivity contribution < 1.29 is 9.84 Å². The molecule has 1 aliphatic rings. The lowest BCUT2D eigenvalue weighted by Crippen LogP contribution is -2.24. The topological polar surface area (TPSA) is 45.6 Å². The molecule has 3 aromatic rings. The number of fused-ring (bicyclic) bond motifs is 1. The summed E-state index contributed by atoms with van der Waals surface area (Å²) in [6.07, 6.45) is 2.76. The van der Waals surface area contributed by atoms with Crippen molar-refractivity contribution in [3.05, 3.63) is 81.3 Å². The van der Waals surface area contributed by atoms with Crippen LogP contribution in [0.3, 0.4) is 0 Å². The van der Waals surface area contributed by atoms with E-state index in [-0.39, 0.29) is 0 Å². The van der Waals surface area contributed by atoms with Gasteiger partial charge in [-0.3, -0.25) is 9.88 Å². The fraction of sp³-hybridized carbons (Fsp3) is 0.286. The second-order valence-corrected chi connectivity index (χ2v) is 7.99. The van der Waals surface area contributed by atoms with Gasteiger partial charge in [0.25, 0.3) is 0 Å². The van der Waals surface area contributed by atoms with Gasteiger partial charge < -0.3 is 9.84 Å². The Hall–Kier alpha value is -2.21. The minimum atomic E-state index is -0.653. The number of benzene rings is 1. The predicted molar refractivity (Wildman–Crippen MR) is 103 cm³/mol. The standard InChI is InChI=1S/C21H22N2O2S/c1-15-2-4-19(26-15)14-23-10-11-25-20-5-3-17(12-18(20)13-23)21(24)16-6-8-22-9-7-16/h2-9,12,21,24H,10-11,13-14H2,1H3. The van der Waals surface area contributed by atoms with E-state index in [1.165, 1.54) is 9.75 Å². The summed E-state index contributed by atoms with van der Waals surface area (Å²) in [5, 5.41) is 10.7. The minimum absolute atomic E-state index is 0.653. The lowest BCUT2D eigenvalue weighted by Gasteiger charge is -2.19. The van der Waals surface area contributed by atoms with E-state index in [1.54, 1.807) is 12.4 Å². The maximum atomic E-state index is 10.7. The fourth-order valence-corrected chi connectivity index (χ4v) is 4.23. The van der Waals surface area contributed by atoms with Gasteiger partial charge >= 0.3 is 0 Å². The Kier molecular flexibility index (Phi) is 5.02. The molecule has 134 valence electrons. The third-order valence-electron chi connectivity index (χ3n) is 4.66. The molecular formula is C21H22N2O2S. The Labute approximate surface area is 157 Å².